The molecule has 3 amide bonds. The van der Waals surface area contributed by atoms with Gasteiger partial charge in [-0.2, -0.15) is 5.10 Å². The molecule has 1 atom stereocenters. The lowest BCUT2D eigenvalue weighted by Crippen LogP contribution is -2.41. The van der Waals surface area contributed by atoms with E-state index in [2.05, 4.69) is 10.4 Å². The van der Waals surface area contributed by atoms with Crippen molar-refractivity contribution in [1.82, 2.24) is 20.0 Å². The third kappa shape index (κ3) is 3.07. The van der Waals surface area contributed by atoms with Crippen LogP contribution in [0.2, 0.25) is 0 Å². The first kappa shape index (κ1) is 20.3. The van der Waals surface area contributed by atoms with Crippen LogP contribution >= 0.6 is 0 Å². The molecule has 1 saturated heterocycles. The summed E-state index contributed by atoms with van der Waals surface area (Å²) in [6.45, 7) is 1.25. The van der Waals surface area contributed by atoms with Crippen molar-refractivity contribution in [3.63, 3.8) is 0 Å². The van der Waals surface area contributed by atoms with Crippen molar-refractivity contribution in [2.24, 2.45) is 0 Å². The molecule has 0 radical (unpaired) electrons. The van der Waals surface area contributed by atoms with E-state index in [-0.39, 0.29) is 17.9 Å². The zero-order valence-corrected chi connectivity index (χ0v) is 17.2. The Hall–Kier alpha value is -3.62. The molecule has 2 aromatic carbocycles. The highest BCUT2D eigenvalue weighted by molar-refractivity contribution is 6.07. The number of fused-ring (bicyclic) bond motifs is 1. The molecule has 0 saturated carbocycles. The number of hydrogen-bond donors (Lipinski definition) is 1. The van der Waals surface area contributed by atoms with Gasteiger partial charge >= 0.3 is 6.03 Å². The highest BCUT2D eigenvalue weighted by Crippen LogP contribution is 2.34. The highest BCUT2D eigenvalue weighted by Gasteiger charge is 2.50. The van der Waals surface area contributed by atoms with Crippen molar-refractivity contribution in [1.29, 1.82) is 0 Å². The van der Waals surface area contributed by atoms with Crippen LogP contribution in [0.5, 0.6) is 0 Å². The van der Waals surface area contributed by atoms with Gasteiger partial charge in [0.15, 0.2) is 0 Å². The average molecular weight is 440 g/mol. The Morgan fingerprint density at radius 3 is 2.50 bits per heavy atom. The van der Waals surface area contributed by atoms with E-state index in [0.717, 1.165) is 53.6 Å². The van der Waals surface area contributed by atoms with Gasteiger partial charge in [0.25, 0.3) is 5.91 Å². The van der Waals surface area contributed by atoms with Crippen LogP contribution in [0.4, 0.5) is 18.0 Å². The molecule has 32 heavy (non-hydrogen) atoms. The summed E-state index contributed by atoms with van der Waals surface area (Å²) < 4.78 is 43.2. The Balaban J connectivity index is 1.49. The Kier molecular flexibility index (Phi) is 4.58. The zero-order valence-electron chi connectivity index (χ0n) is 17.2. The fourth-order valence-corrected chi connectivity index (χ4v) is 4.49. The molecule has 9 heteroatoms. The molecule has 0 bridgehead atoms. The molecular weight excluding hydrogens is 421 g/mol. The van der Waals surface area contributed by atoms with Gasteiger partial charge in [0, 0.05) is 11.3 Å². The van der Waals surface area contributed by atoms with Gasteiger partial charge in [-0.15, -0.1) is 0 Å². The number of halogens is 3. The summed E-state index contributed by atoms with van der Waals surface area (Å²) in [5.74, 6) is -2.54. The van der Waals surface area contributed by atoms with E-state index < -0.39 is 29.1 Å². The van der Waals surface area contributed by atoms with Crippen LogP contribution < -0.4 is 5.32 Å². The molecule has 2 heterocycles. The van der Waals surface area contributed by atoms with Gasteiger partial charge in [-0.25, -0.2) is 22.6 Å². The second-order valence-corrected chi connectivity index (χ2v) is 8.18. The quantitative estimate of drug-likeness (QED) is 0.629. The standard InChI is InChI=1S/C23H19F3N4O2/c1-23(17-11-14(25)7-10-18(17)26)21(31)29(22(32)27-23)12-19-16-3-2-4-20(16)30(28-19)15-8-5-13(24)6-9-15/h5-11H,2-4,12H2,1H3,(H,27,32). The minimum Gasteiger partial charge on any atom is -0.319 e. The van der Waals surface area contributed by atoms with Crippen molar-refractivity contribution in [3.05, 3.63) is 82.4 Å². The Bertz CT molecular complexity index is 1250. The molecule has 3 aromatic rings. The van der Waals surface area contributed by atoms with E-state index in [9.17, 15) is 22.8 Å². The maximum atomic E-state index is 14.4. The number of carbonyl (C=O) groups is 2. The fourth-order valence-electron chi connectivity index (χ4n) is 4.49. The maximum absolute atomic E-state index is 14.4. The Morgan fingerprint density at radius 2 is 1.75 bits per heavy atom. The molecule has 5 rings (SSSR count). The second-order valence-electron chi connectivity index (χ2n) is 8.18. The number of nitrogens with zero attached hydrogens (tertiary/aromatic N) is 3. The van der Waals surface area contributed by atoms with E-state index in [1.807, 2.05) is 0 Å². The Labute approximate surface area is 181 Å². The predicted molar refractivity (Wildman–Crippen MR) is 108 cm³/mol. The highest BCUT2D eigenvalue weighted by atomic mass is 19.1. The van der Waals surface area contributed by atoms with Crippen molar-refractivity contribution >= 4 is 11.9 Å². The van der Waals surface area contributed by atoms with Gasteiger partial charge in [0.05, 0.1) is 17.9 Å². The van der Waals surface area contributed by atoms with Crippen LogP contribution in [-0.2, 0) is 29.7 Å². The number of amides is 3. The summed E-state index contributed by atoms with van der Waals surface area (Å²) in [5.41, 5.74) is 1.17. The number of hydrogen-bond acceptors (Lipinski definition) is 3. The largest absolute Gasteiger partial charge is 0.325 e. The topological polar surface area (TPSA) is 67.2 Å². The van der Waals surface area contributed by atoms with Crippen LogP contribution in [0.25, 0.3) is 5.69 Å². The molecule has 0 spiro atoms. The van der Waals surface area contributed by atoms with Crippen LogP contribution in [0.1, 0.15) is 35.9 Å². The molecule has 164 valence electrons. The molecule has 1 fully saturated rings. The number of aromatic nitrogens is 2. The molecule has 6 nitrogen and oxygen atoms in total. The Morgan fingerprint density at radius 1 is 1.03 bits per heavy atom. The van der Waals surface area contributed by atoms with Crippen molar-refractivity contribution in [3.8, 4) is 5.69 Å². The third-order valence-electron chi connectivity index (χ3n) is 6.13. The third-order valence-corrected chi connectivity index (χ3v) is 6.13. The number of benzene rings is 2. The number of carbonyl (C=O) groups excluding carboxylic acids is 2. The van der Waals surface area contributed by atoms with Gasteiger partial charge in [-0.05, 0) is 74.2 Å². The van der Waals surface area contributed by atoms with E-state index in [4.69, 9.17) is 0 Å². The molecule has 2 aliphatic rings. The van der Waals surface area contributed by atoms with E-state index in [0.29, 0.717) is 11.4 Å². The fraction of sp³-hybridized carbons (Fsp3) is 0.261. The van der Waals surface area contributed by atoms with Gasteiger partial charge in [-0.3, -0.25) is 9.69 Å². The summed E-state index contributed by atoms with van der Waals surface area (Å²) in [6.07, 6.45) is 2.41. The van der Waals surface area contributed by atoms with E-state index >= 15 is 0 Å². The second kappa shape index (κ2) is 7.22. The van der Waals surface area contributed by atoms with Gasteiger partial charge in [0.1, 0.15) is 23.0 Å². The van der Waals surface area contributed by atoms with Crippen LogP contribution in [0.3, 0.4) is 0 Å². The van der Waals surface area contributed by atoms with Gasteiger partial charge in [-0.1, -0.05) is 0 Å². The molecule has 1 aromatic heterocycles. The monoisotopic (exact) mass is 440 g/mol. The van der Waals surface area contributed by atoms with Crippen LogP contribution in [0.15, 0.2) is 42.5 Å². The summed E-state index contributed by atoms with van der Waals surface area (Å²) in [5, 5.41) is 7.10. The molecule has 1 aliphatic carbocycles. The predicted octanol–water partition coefficient (Wildman–Crippen LogP) is 3.75. The van der Waals surface area contributed by atoms with Crippen molar-refractivity contribution < 1.29 is 22.8 Å². The SMILES string of the molecule is CC1(c2cc(F)ccc2F)NC(=O)N(Cc2nn(-c3ccc(F)cc3)c3c2CCC3)C1=O. The maximum Gasteiger partial charge on any atom is 0.325 e. The zero-order chi connectivity index (χ0) is 22.6. The summed E-state index contributed by atoms with van der Waals surface area (Å²) >= 11 is 0. The molecule has 1 unspecified atom stereocenters. The number of urea groups is 1. The van der Waals surface area contributed by atoms with Crippen LogP contribution in [-0.4, -0.2) is 26.6 Å². The van der Waals surface area contributed by atoms with Crippen LogP contribution in [0, 0.1) is 17.5 Å². The van der Waals surface area contributed by atoms with Gasteiger partial charge < -0.3 is 5.32 Å². The summed E-state index contributed by atoms with van der Waals surface area (Å²) in [7, 11) is 0. The molecule has 1 aliphatic heterocycles. The number of imide groups is 1. The average Bonchev–Trinajstić information content (AvgIpc) is 3.42. The summed E-state index contributed by atoms with van der Waals surface area (Å²) in [6, 6.07) is 8.00. The van der Waals surface area contributed by atoms with Crippen molar-refractivity contribution in [2.45, 2.75) is 38.3 Å². The first-order chi connectivity index (χ1) is 15.3. The molecule has 1 N–H and O–H groups in total. The minimum atomic E-state index is -1.73. The number of rotatable bonds is 4. The lowest BCUT2D eigenvalue weighted by Gasteiger charge is -2.22. The smallest absolute Gasteiger partial charge is 0.319 e. The minimum absolute atomic E-state index is 0.103. The first-order valence-corrected chi connectivity index (χ1v) is 10.2. The number of nitrogens with one attached hydrogen (secondary N) is 1. The lowest BCUT2D eigenvalue weighted by molar-refractivity contribution is -0.131. The van der Waals surface area contributed by atoms with Crippen molar-refractivity contribution in [2.75, 3.05) is 0 Å². The van der Waals surface area contributed by atoms with E-state index in [1.165, 1.54) is 19.1 Å². The lowest BCUT2D eigenvalue weighted by atomic mass is 9.91. The summed E-state index contributed by atoms with van der Waals surface area (Å²) in [4.78, 5) is 26.9. The normalized spacial score (nSPS) is 20.1. The van der Waals surface area contributed by atoms with Gasteiger partial charge in [0.2, 0.25) is 0 Å². The van der Waals surface area contributed by atoms with E-state index in [1.54, 1.807) is 16.8 Å². The first-order valence-electron chi connectivity index (χ1n) is 10.2. The molecular formula is C23H19F3N4O2.